The lowest BCUT2D eigenvalue weighted by Crippen LogP contribution is -2.35. The molecule has 1 amide bonds. The smallest absolute Gasteiger partial charge is 0.416 e. The second-order valence-corrected chi connectivity index (χ2v) is 6.20. The first-order valence-electron chi connectivity index (χ1n) is 8.70. The van der Waals surface area contributed by atoms with E-state index < -0.39 is 30.2 Å². The van der Waals surface area contributed by atoms with E-state index in [4.69, 9.17) is 4.74 Å². The summed E-state index contributed by atoms with van der Waals surface area (Å²) in [7, 11) is 0. The van der Waals surface area contributed by atoms with E-state index in [1.54, 1.807) is 12.1 Å². The Balaban J connectivity index is 2.10. The molecule has 1 atom stereocenters. The Morgan fingerprint density at radius 1 is 1.11 bits per heavy atom. The molecular formula is C20H21F3N2O3. The van der Waals surface area contributed by atoms with Crippen molar-refractivity contribution in [1.29, 1.82) is 0 Å². The normalized spacial score (nSPS) is 12.2. The van der Waals surface area contributed by atoms with E-state index in [-0.39, 0.29) is 23.0 Å². The number of halogens is 3. The molecule has 0 heterocycles. The van der Waals surface area contributed by atoms with Crippen molar-refractivity contribution in [2.75, 3.05) is 11.9 Å². The molecule has 0 unspecified atom stereocenters. The number of benzene rings is 2. The number of esters is 1. The second-order valence-electron chi connectivity index (χ2n) is 6.20. The molecule has 5 nitrogen and oxygen atoms in total. The molecule has 0 aromatic heterocycles. The van der Waals surface area contributed by atoms with Crippen LogP contribution in [0.15, 0.2) is 48.5 Å². The Hall–Kier alpha value is -3.03. The van der Waals surface area contributed by atoms with Crippen LogP contribution in [-0.2, 0) is 15.7 Å². The minimum absolute atomic E-state index is 0.0407. The number of anilines is 2. The van der Waals surface area contributed by atoms with Gasteiger partial charge in [-0.2, -0.15) is 13.2 Å². The van der Waals surface area contributed by atoms with Gasteiger partial charge in [0.15, 0.2) is 6.61 Å². The fourth-order valence-electron chi connectivity index (χ4n) is 2.33. The molecule has 0 fully saturated rings. The third kappa shape index (κ3) is 6.00. The van der Waals surface area contributed by atoms with E-state index in [0.29, 0.717) is 0 Å². The highest BCUT2D eigenvalue weighted by molar-refractivity contribution is 5.97. The van der Waals surface area contributed by atoms with E-state index in [1.807, 2.05) is 13.8 Å². The van der Waals surface area contributed by atoms with E-state index in [2.05, 4.69) is 10.6 Å². The van der Waals surface area contributed by atoms with E-state index in [1.165, 1.54) is 24.3 Å². The Bertz CT molecular complexity index is 837. The second kappa shape index (κ2) is 9.25. The number of ether oxygens (including phenoxy) is 1. The highest BCUT2D eigenvalue weighted by Gasteiger charge is 2.30. The standard InChI is InChI=1S/C20H21F3N2O3/c1-3-13(2)24-18(26)12-28-19(27)16-9-4-5-10-17(16)25-15-8-6-7-14(11-15)20(21,22)23/h4-11,13,25H,3,12H2,1-2H3,(H,24,26)/t13-/m0/s1. The summed E-state index contributed by atoms with van der Waals surface area (Å²) in [4.78, 5) is 24.1. The molecule has 150 valence electrons. The van der Waals surface area contributed by atoms with Crippen LogP contribution in [0, 0.1) is 0 Å². The number of nitrogens with one attached hydrogen (secondary N) is 2. The summed E-state index contributed by atoms with van der Waals surface area (Å²) >= 11 is 0. The van der Waals surface area contributed by atoms with Crippen molar-refractivity contribution in [3.63, 3.8) is 0 Å². The lowest BCUT2D eigenvalue weighted by atomic mass is 10.1. The van der Waals surface area contributed by atoms with Crippen molar-refractivity contribution in [2.45, 2.75) is 32.5 Å². The van der Waals surface area contributed by atoms with Gasteiger partial charge in [-0.15, -0.1) is 0 Å². The first kappa shape index (κ1) is 21.3. The lowest BCUT2D eigenvalue weighted by Gasteiger charge is -2.14. The zero-order chi connectivity index (χ0) is 20.7. The van der Waals surface area contributed by atoms with Crippen LogP contribution in [-0.4, -0.2) is 24.5 Å². The van der Waals surface area contributed by atoms with E-state index in [0.717, 1.165) is 18.6 Å². The lowest BCUT2D eigenvalue weighted by molar-refractivity contribution is -0.137. The average molecular weight is 394 g/mol. The number of carbonyl (C=O) groups is 2. The van der Waals surface area contributed by atoms with Gasteiger partial charge in [-0.3, -0.25) is 4.79 Å². The summed E-state index contributed by atoms with van der Waals surface area (Å²) < 4.78 is 43.6. The molecule has 2 rings (SSSR count). The number of amides is 1. The SMILES string of the molecule is CC[C@H](C)NC(=O)COC(=O)c1ccccc1Nc1cccc(C(F)(F)F)c1. The van der Waals surface area contributed by atoms with Crippen molar-refractivity contribution >= 4 is 23.3 Å². The zero-order valence-corrected chi connectivity index (χ0v) is 15.5. The fourth-order valence-corrected chi connectivity index (χ4v) is 2.33. The Labute approximate surface area is 160 Å². The molecular weight excluding hydrogens is 373 g/mol. The van der Waals surface area contributed by atoms with Crippen LogP contribution in [0.1, 0.15) is 36.2 Å². The minimum atomic E-state index is -4.47. The molecule has 2 aromatic rings. The predicted octanol–water partition coefficient (Wildman–Crippen LogP) is 4.52. The van der Waals surface area contributed by atoms with Gasteiger partial charge in [-0.1, -0.05) is 25.1 Å². The number of rotatable bonds is 7. The zero-order valence-electron chi connectivity index (χ0n) is 15.5. The maximum atomic E-state index is 12.9. The topological polar surface area (TPSA) is 67.4 Å². The molecule has 0 saturated heterocycles. The summed E-state index contributed by atoms with van der Waals surface area (Å²) in [6.07, 6.45) is -3.73. The maximum absolute atomic E-state index is 12.9. The van der Waals surface area contributed by atoms with Crippen LogP contribution < -0.4 is 10.6 Å². The van der Waals surface area contributed by atoms with Crippen LogP contribution >= 0.6 is 0 Å². The van der Waals surface area contributed by atoms with E-state index >= 15 is 0 Å². The quantitative estimate of drug-likeness (QED) is 0.678. The van der Waals surface area contributed by atoms with Crippen molar-refractivity contribution in [3.8, 4) is 0 Å². The molecule has 0 aliphatic rings. The van der Waals surface area contributed by atoms with Crippen molar-refractivity contribution in [2.24, 2.45) is 0 Å². The molecule has 0 aliphatic carbocycles. The number of hydrogen-bond acceptors (Lipinski definition) is 4. The third-order valence-corrected chi connectivity index (χ3v) is 3.97. The number of carbonyl (C=O) groups excluding carboxylic acids is 2. The summed E-state index contributed by atoms with van der Waals surface area (Å²) in [5, 5.41) is 5.47. The summed E-state index contributed by atoms with van der Waals surface area (Å²) in [5.41, 5.74) is -0.255. The molecule has 28 heavy (non-hydrogen) atoms. The number of hydrogen-bond donors (Lipinski definition) is 2. The van der Waals surface area contributed by atoms with Gasteiger partial charge in [0.05, 0.1) is 16.8 Å². The van der Waals surface area contributed by atoms with Gasteiger partial charge in [0, 0.05) is 11.7 Å². The van der Waals surface area contributed by atoms with Crippen molar-refractivity contribution in [3.05, 3.63) is 59.7 Å². The first-order valence-corrected chi connectivity index (χ1v) is 8.70. The Kier molecular flexibility index (Phi) is 7.03. The monoisotopic (exact) mass is 394 g/mol. The summed E-state index contributed by atoms with van der Waals surface area (Å²) in [5.74, 6) is -1.18. The predicted molar refractivity (Wildman–Crippen MR) is 99.3 cm³/mol. The van der Waals surface area contributed by atoms with Gasteiger partial charge < -0.3 is 15.4 Å². The fraction of sp³-hybridized carbons (Fsp3) is 0.300. The van der Waals surface area contributed by atoms with Crippen LogP contribution in [0.5, 0.6) is 0 Å². The molecule has 2 N–H and O–H groups in total. The number of para-hydroxylation sites is 1. The molecule has 2 aromatic carbocycles. The van der Waals surface area contributed by atoms with Crippen LogP contribution in [0.2, 0.25) is 0 Å². The van der Waals surface area contributed by atoms with Gasteiger partial charge in [0.1, 0.15) is 0 Å². The van der Waals surface area contributed by atoms with Gasteiger partial charge in [-0.05, 0) is 43.7 Å². The van der Waals surface area contributed by atoms with Gasteiger partial charge in [0.2, 0.25) is 0 Å². The molecule has 0 radical (unpaired) electrons. The van der Waals surface area contributed by atoms with Crippen molar-refractivity contribution in [1.82, 2.24) is 5.32 Å². The molecule has 0 saturated carbocycles. The molecule has 0 bridgehead atoms. The summed E-state index contributed by atoms with van der Waals surface area (Å²) in [6, 6.07) is 10.8. The highest BCUT2D eigenvalue weighted by Crippen LogP contribution is 2.31. The maximum Gasteiger partial charge on any atom is 0.416 e. The van der Waals surface area contributed by atoms with Crippen LogP contribution in [0.25, 0.3) is 0 Å². The number of alkyl halides is 3. The molecule has 8 heteroatoms. The minimum Gasteiger partial charge on any atom is -0.452 e. The molecule has 0 spiro atoms. The van der Waals surface area contributed by atoms with Gasteiger partial charge >= 0.3 is 12.1 Å². The van der Waals surface area contributed by atoms with Crippen LogP contribution in [0.4, 0.5) is 24.5 Å². The van der Waals surface area contributed by atoms with Crippen LogP contribution in [0.3, 0.4) is 0 Å². The Morgan fingerprint density at radius 2 is 1.82 bits per heavy atom. The van der Waals surface area contributed by atoms with Gasteiger partial charge in [0.25, 0.3) is 5.91 Å². The largest absolute Gasteiger partial charge is 0.452 e. The third-order valence-electron chi connectivity index (χ3n) is 3.97. The van der Waals surface area contributed by atoms with Crippen molar-refractivity contribution < 1.29 is 27.5 Å². The highest BCUT2D eigenvalue weighted by atomic mass is 19.4. The average Bonchev–Trinajstić information content (AvgIpc) is 2.66. The summed E-state index contributed by atoms with van der Waals surface area (Å²) in [6.45, 7) is 3.29. The van der Waals surface area contributed by atoms with E-state index in [9.17, 15) is 22.8 Å². The molecule has 0 aliphatic heterocycles. The Morgan fingerprint density at radius 3 is 2.50 bits per heavy atom. The first-order chi connectivity index (χ1) is 13.2. The van der Waals surface area contributed by atoms with Gasteiger partial charge in [-0.25, -0.2) is 4.79 Å².